The molecule has 1 N–H and O–H groups in total. The summed E-state index contributed by atoms with van der Waals surface area (Å²) in [5.74, 6) is 1.58. The van der Waals surface area contributed by atoms with E-state index in [-0.39, 0.29) is 12.0 Å². The number of nitrogens with zero attached hydrogens (tertiary/aromatic N) is 1. The molecule has 0 radical (unpaired) electrons. The summed E-state index contributed by atoms with van der Waals surface area (Å²) in [5, 5.41) is 6.77. The Morgan fingerprint density at radius 1 is 1.38 bits per heavy atom. The van der Waals surface area contributed by atoms with E-state index in [4.69, 9.17) is 9.26 Å². The minimum absolute atomic E-state index is 0.0102. The fourth-order valence-corrected chi connectivity index (χ4v) is 2.57. The van der Waals surface area contributed by atoms with Crippen LogP contribution in [-0.4, -0.2) is 23.7 Å². The first kappa shape index (κ1) is 13.7. The number of aryl methyl sites for hydroxylation is 2. The molecular formula is C16H18N2O3. The van der Waals surface area contributed by atoms with Gasteiger partial charge in [-0.1, -0.05) is 23.4 Å². The molecule has 2 aromatic rings. The van der Waals surface area contributed by atoms with Crippen LogP contribution in [0.5, 0.6) is 5.75 Å². The average Bonchev–Trinajstić information content (AvgIpc) is 3.03. The first-order valence-corrected chi connectivity index (χ1v) is 7.06. The molecule has 0 saturated heterocycles. The van der Waals surface area contributed by atoms with Crippen molar-refractivity contribution in [1.29, 1.82) is 0 Å². The standard InChI is InChI=1S/C16H18N2O3/c1-10-14(11(2)21-18-10)8-16(19)17-9-13-7-12-5-3-4-6-15(12)20-13/h3-6,13H,7-9H2,1-2H3,(H,17,19)/t13-/m0/s1. The Morgan fingerprint density at radius 2 is 2.19 bits per heavy atom. The van der Waals surface area contributed by atoms with Crippen molar-refractivity contribution in [1.82, 2.24) is 10.5 Å². The molecule has 0 bridgehead atoms. The van der Waals surface area contributed by atoms with Gasteiger partial charge < -0.3 is 14.6 Å². The predicted octanol–water partition coefficient (Wildman–Crippen LogP) is 1.95. The summed E-state index contributed by atoms with van der Waals surface area (Å²) in [6.45, 7) is 4.17. The maximum atomic E-state index is 12.0. The number of nitrogens with one attached hydrogen (secondary N) is 1. The summed E-state index contributed by atoms with van der Waals surface area (Å²) < 4.78 is 10.9. The van der Waals surface area contributed by atoms with Crippen LogP contribution >= 0.6 is 0 Å². The number of hydrogen-bond acceptors (Lipinski definition) is 4. The Bertz CT molecular complexity index is 619. The molecule has 1 aromatic heterocycles. The van der Waals surface area contributed by atoms with Gasteiger partial charge in [0, 0.05) is 12.0 Å². The second-order valence-electron chi connectivity index (χ2n) is 5.34. The molecule has 2 heterocycles. The van der Waals surface area contributed by atoms with E-state index < -0.39 is 0 Å². The lowest BCUT2D eigenvalue weighted by Gasteiger charge is -2.11. The van der Waals surface area contributed by atoms with Crippen molar-refractivity contribution in [3.63, 3.8) is 0 Å². The molecule has 5 nitrogen and oxygen atoms in total. The lowest BCUT2D eigenvalue weighted by atomic mass is 10.1. The number of fused-ring (bicyclic) bond motifs is 1. The fourth-order valence-electron chi connectivity index (χ4n) is 2.57. The molecule has 5 heteroatoms. The van der Waals surface area contributed by atoms with E-state index in [9.17, 15) is 4.79 Å². The van der Waals surface area contributed by atoms with Crippen LogP contribution in [0.3, 0.4) is 0 Å². The topological polar surface area (TPSA) is 64.4 Å². The molecule has 1 aliphatic rings. The van der Waals surface area contributed by atoms with E-state index >= 15 is 0 Å². The number of benzene rings is 1. The molecule has 1 aromatic carbocycles. The van der Waals surface area contributed by atoms with Gasteiger partial charge in [0.1, 0.15) is 17.6 Å². The van der Waals surface area contributed by atoms with Crippen molar-refractivity contribution in [3.8, 4) is 5.75 Å². The third-order valence-corrected chi connectivity index (χ3v) is 3.76. The minimum atomic E-state index is -0.0380. The van der Waals surface area contributed by atoms with Gasteiger partial charge in [-0.15, -0.1) is 0 Å². The maximum Gasteiger partial charge on any atom is 0.224 e. The predicted molar refractivity (Wildman–Crippen MR) is 77.3 cm³/mol. The Labute approximate surface area is 123 Å². The average molecular weight is 286 g/mol. The molecule has 0 fully saturated rings. The van der Waals surface area contributed by atoms with E-state index in [1.807, 2.05) is 32.0 Å². The lowest BCUT2D eigenvalue weighted by molar-refractivity contribution is -0.120. The van der Waals surface area contributed by atoms with Gasteiger partial charge in [-0.2, -0.15) is 0 Å². The van der Waals surface area contributed by atoms with Crippen molar-refractivity contribution in [3.05, 3.63) is 46.8 Å². The molecule has 3 rings (SSSR count). The van der Waals surface area contributed by atoms with Gasteiger partial charge in [0.25, 0.3) is 0 Å². The first-order chi connectivity index (χ1) is 10.1. The van der Waals surface area contributed by atoms with Crippen LogP contribution in [0.25, 0.3) is 0 Å². The summed E-state index contributed by atoms with van der Waals surface area (Å²) in [7, 11) is 0. The summed E-state index contributed by atoms with van der Waals surface area (Å²) in [6.07, 6.45) is 1.14. The number of aromatic nitrogens is 1. The number of carbonyl (C=O) groups is 1. The molecule has 0 aliphatic carbocycles. The van der Waals surface area contributed by atoms with Crippen LogP contribution in [0.2, 0.25) is 0 Å². The molecule has 1 atom stereocenters. The van der Waals surface area contributed by atoms with Crippen LogP contribution in [0.15, 0.2) is 28.8 Å². The van der Waals surface area contributed by atoms with Crippen molar-refractivity contribution in [2.24, 2.45) is 0 Å². The van der Waals surface area contributed by atoms with Crippen molar-refractivity contribution < 1.29 is 14.1 Å². The van der Waals surface area contributed by atoms with E-state index in [1.54, 1.807) is 0 Å². The molecule has 110 valence electrons. The number of hydrogen-bond donors (Lipinski definition) is 1. The van der Waals surface area contributed by atoms with Gasteiger partial charge in [0.05, 0.1) is 18.7 Å². The van der Waals surface area contributed by atoms with Crippen LogP contribution in [0, 0.1) is 13.8 Å². The van der Waals surface area contributed by atoms with Crippen molar-refractivity contribution in [2.75, 3.05) is 6.54 Å². The Hall–Kier alpha value is -2.30. The van der Waals surface area contributed by atoms with Gasteiger partial charge in [-0.3, -0.25) is 4.79 Å². The smallest absolute Gasteiger partial charge is 0.224 e. The minimum Gasteiger partial charge on any atom is -0.488 e. The molecule has 0 unspecified atom stereocenters. The quantitative estimate of drug-likeness (QED) is 0.933. The Morgan fingerprint density at radius 3 is 2.90 bits per heavy atom. The van der Waals surface area contributed by atoms with Crippen molar-refractivity contribution >= 4 is 5.91 Å². The Kier molecular flexibility index (Phi) is 3.64. The van der Waals surface area contributed by atoms with Gasteiger partial charge in [-0.25, -0.2) is 0 Å². The summed E-state index contributed by atoms with van der Waals surface area (Å²) in [4.78, 5) is 12.0. The van der Waals surface area contributed by atoms with Crippen LogP contribution < -0.4 is 10.1 Å². The van der Waals surface area contributed by atoms with E-state index in [2.05, 4.69) is 16.5 Å². The highest BCUT2D eigenvalue weighted by atomic mass is 16.5. The number of carbonyl (C=O) groups excluding carboxylic acids is 1. The molecule has 1 aliphatic heterocycles. The van der Waals surface area contributed by atoms with Crippen molar-refractivity contribution in [2.45, 2.75) is 32.8 Å². The van der Waals surface area contributed by atoms with Crippen LogP contribution in [0.1, 0.15) is 22.6 Å². The monoisotopic (exact) mass is 286 g/mol. The number of para-hydroxylation sites is 1. The van der Waals surface area contributed by atoms with E-state index in [1.165, 1.54) is 5.56 Å². The summed E-state index contributed by atoms with van der Waals surface area (Å²) >= 11 is 0. The van der Waals surface area contributed by atoms with Crippen LogP contribution in [-0.2, 0) is 17.6 Å². The zero-order chi connectivity index (χ0) is 14.8. The number of rotatable bonds is 4. The summed E-state index contributed by atoms with van der Waals surface area (Å²) in [6, 6.07) is 7.97. The fraction of sp³-hybridized carbons (Fsp3) is 0.375. The first-order valence-electron chi connectivity index (χ1n) is 7.06. The Balaban J connectivity index is 1.52. The maximum absolute atomic E-state index is 12.0. The van der Waals surface area contributed by atoms with Crippen LogP contribution in [0.4, 0.5) is 0 Å². The SMILES string of the molecule is Cc1noc(C)c1CC(=O)NC[C@@H]1Cc2ccccc2O1. The van der Waals surface area contributed by atoms with E-state index in [0.717, 1.165) is 23.4 Å². The molecule has 1 amide bonds. The normalized spacial score (nSPS) is 16.4. The zero-order valence-electron chi connectivity index (χ0n) is 12.2. The number of amides is 1. The number of ether oxygens (including phenoxy) is 1. The van der Waals surface area contributed by atoms with Gasteiger partial charge in [0.15, 0.2) is 0 Å². The third kappa shape index (κ3) is 2.91. The summed E-state index contributed by atoms with van der Waals surface area (Å²) in [5.41, 5.74) is 2.83. The highest BCUT2D eigenvalue weighted by Gasteiger charge is 2.23. The molecule has 0 spiro atoms. The zero-order valence-corrected chi connectivity index (χ0v) is 12.2. The highest BCUT2D eigenvalue weighted by molar-refractivity contribution is 5.79. The highest BCUT2D eigenvalue weighted by Crippen LogP contribution is 2.27. The van der Waals surface area contributed by atoms with Gasteiger partial charge in [0.2, 0.25) is 5.91 Å². The largest absolute Gasteiger partial charge is 0.488 e. The molecule has 0 saturated carbocycles. The second-order valence-corrected chi connectivity index (χ2v) is 5.34. The molecular weight excluding hydrogens is 268 g/mol. The van der Waals surface area contributed by atoms with Gasteiger partial charge in [-0.05, 0) is 25.5 Å². The second kappa shape index (κ2) is 5.60. The lowest BCUT2D eigenvalue weighted by Crippen LogP contribution is -2.35. The van der Waals surface area contributed by atoms with E-state index in [0.29, 0.717) is 18.7 Å². The third-order valence-electron chi connectivity index (χ3n) is 3.76. The van der Waals surface area contributed by atoms with Gasteiger partial charge >= 0.3 is 0 Å². The molecule has 21 heavy (non-hydrogen) atoms.